The normalized spacial score (nSPS) is 10.6. The van der Waals surface area contributed by atoms with Crippen molar-refractivity contribution in [1.82, 2.24) is 14.9 Å². The third-order valence-corrected chi connectivity index (χ3v) is 3.87. The Labute approximate surface area is 146 Å². The van der Waals surface area contributed by atoms with Gasteiger partial charge in [0.1, 0.15) is 12.4 Å². The number of aryl methyl sites for hydroxylation is 1. The summed E-state index contributed by atoms with van der Waals surface area (Å²) >= 11 is 0. The fraction of sp³-hybridized carbons (Fsp3) is 0.200. The van der Waals surface area contributed by atoms with Crippen LogP contribution in [-0.4, -0.2) is 28.6 Å². The van der Waals surface area contributed by atoms with Crippen molar-refractivity contribution in [2.45, 2.75) is 13.0 Å². The van der Waals surface area contributed by atoms with Crippen molar-refractivity contribution in [3.63, 3.8) is 0 Å². The second-order valence-corrected chi connectivity index (χ2v) is 5.66. The van der Waals surface area contributed by atoms with Gasteiger partial charge in [0.05, 0.1) is 17.4 Å². The predicted octanol–water partition coefficient (Wildman–Crippen LogP) is 3.42. The summed E-state index contributed by atoms with van der Waals surface area (Å²) in [5.74, 6) is 0.647. The Kier molecular flexibility index (Phi) is 5.46. The predicted molar refractivity (Wildman–Crippen MR) is 98.8 cm³/mol. The van der Waals surface area contributed by atoms with Crippen LogP contribution >= 0.6 is 0 Å². The number of carbonyl (C=O) groups excluding carboxylic acids is 1. The van der Waals surface area contributed by atoms with Gasteiger partial charge in [-0.15, -0.1) is 0 Å². The molecule has 1 N–H and O–H groups in total. The Morgan fingerprint density at radius 3 is 2.80 bits per heavy atom. The zero-order valence-electron chi connectivity index (χ0n) is 14.0. The molecule has 0 radical (unpaired) electrons. The largest absolute Gasteiger partial charge is 0.490 e. The number of imidazole rings is 1. The van der Waals surface area contributed by atoms with Gasteiger partial charge in [-0.3, -0.25) is 4.79 Å². The van der Waals surface area contributed by atoms with E-state index in [0.717, 1.165) is 29.7 Å². The Morgan fingerprint density at radius 1 is 1.20 bits per heavy atom. The third kappa shape index (κ3) is 4.26. The number of para-hydroxylation sites is 2. The van der Waals surface area contributed by atoms with Gasteiger partial charge in [-0.1, -0.05) is 24.8 Å². The summed E-state index contributed by atoms with van der Waals surface area (Å²) in [7, 11) is 0. The first kappa shape index (κ1) is 16.8. The fourth-order valence-corrected chi connectivity index (χ4v) is 2.60. The topological polar surface area (TPSA) is 56.1 Å². The van der Waals surface area contributed by atoms with Crippen LogP contribution in [0.5, 0.6) is 5.75 Å². The number of ether oxygens (including phenoxy) is 1. The number of fused-ring (bicyclic) bond motifs is 1. The summed E-state index contributed by atoms with van der Waals surface area (Å²) in [5.41, 5.74) is 2.73. The van der Waals surface area contributed by atoms with Gasteiger partial charge in [-0.2, -0.15) is 0 Å². The molecule has 5 heteroatoms. The van der Waals surface area contributed by atoms with Crippen LogP contribution in [0, 0.1) is 0 Å². The molecule has 0 aliphatic carbocycles. The first-order valence-electron chi connectivity index (χ1n) is 8.30. The van der Waals surface area contributed by atoms with Crippen LogP contribution in [0.25, 0.3) is 11.0 Å². The lowest BCUT2D eigenvalue weighted by molar-refractivity contribution is 0.0952. The molecule has 0 saturated heterocycles. The minimum absolute atomic E-state index is 0.0780. The molecule has 128 valence electrons. The van der Waals surface area contributed by atoms with Crippen molar-refractivity contribution in [2.24, 2.45) is 0 Å². The Bertz CT molecular complexity index is 853. The van der Waals surface area contributed by atoms with Gasteiger partial charge in [0.15, 0.2) is 0 Å². The molecule has 2 aromatic carbocycles. The van der Waals surface area contributed by atoms with Gasteiger partial charge >= 0.3 is 0 Å². The Balaban J connectivity index is 1.47. The maximum absolute atomic E-state index is 12.2. The van der Waals surface area contributed by atoms with E-state index in [1.54, 1.807) is 30.3 Å². The zero-order valence-corrected chi connectivity index (χ0v) is 14.0. The Hall–Kier alpha value is -3.08. The van der Waals surface area contributed by atoms with E-state index in [9.17, 15) is 4.79 Å². The molecule has 0 saturated carbocycles. The maximum Gasteiger partial charge on any atom is 0.251 e. The van der Waals surface area contributed by atoms with Gasteiger partial charge in [-0.25, -0.2) is 4.98 Å². The molecular formula is C20H21N3O2. The van der Waals surface area contributed by atoms with Crippen molar-refractivity contribution in [2.75, 3.05) is 13.2 Å². The lowest BCUT2D eigenvalue weighted by Crippen LogP contribution is -2.25. The molecular weight excluding hydrogens is 314 g/mol. The van der Waals surface area contributed by atoms with E-state index >= 15 is 0 Å². The zero-order chi connectivity index (χ0) is 17.5. The average Bonchev–Trinajstić information content (AvgIpc) is 3.07. The molecule has 1 aromatic heterocycles. The van der Waals surface area contributed by atoms with Crippen LogP contribution in [0.2, 0.25) is 0 Å². The van der Waals surface area contributed by atoms with Gasteiger partial charge in [-0.05, 0) is 42.8 Å². The van der Waals surface area contributed by atoms with Crippen molar-refractivity contribution >= 4 is 16.9 Å². The molecule has 25 heavy (non-hydrogen) atoms. The highest BCUT2D eigenvalue weighted by molar-refractivity contribution is 5.94. The molecule has 0 bridgehead atoms. The summed E-state index contributed by atoms with van der Waals surface area (Å²) in [6.07, 6.45) is 4.37. The average molecular weight is 335 g/mol. The number of nitrogens with zero attached hydrogens (tertiary/aromatic N) is 2. The summed E-state index contributed by atoms with van der Waals surface area (Å²) in [4.78, 5) is 16.5. The lowest BCUT2D eigenvalue weighted by atomic mass is 10.2. The summed E-state index contributed by atoms with van der Waals surface area (Å²) in [6, 6.07) is 15.1. The number of aromatic nitrogens is 2. The number of amides is 1. The number of carbonyl (C=O) groups is 1. The van der Waals surface area contributed by atoms with Crippen molar-refractivity contribution in [3.05, 3.63) is 73.1 Å². The van der Waals surface area contributed by atoms with Gasteiger partial charge in [0.2, 0.25) is 0 Å². The number of rotatable bonds is 8. The second kappa shape index (κ2) is 8.15. The molecule has 0 atom stereocenters. The van der Waals surface area contributed by atoms with Crippen LogP contribution in [-0.2, 0) is 6.54 Å². The number of hydrogen-bond acceptors (Lipinski definition) is 3. The van der Waals surface area contributed by atoms with E-state index in [1.807, 2.05) is 24.5 Å². The van der Waals surface area contributed by atoms with Crippen molar-refractivity contribution in [1.29, 1.82) is 0 Å². The highest BCUT2D eigenvalue weighted by Gasteiger charge is 2.06. The molecule has 0 unspecified atom stereocenters. The fourth-order valence-electron chi connectivity index (χ4n) is 2.60. The maximum atomic E-state index is 12.2. The second-order valence-electron chi connectivity index (χ2n) is 5.66. The van der Waals surface area contributed by atoms with Crippen LogP contribution in [0.1, 0.15) is 16.8 Å². The van der Waals surface area contributed by atoms with Crippen molar-refractivity contribution < 1.29 is 9.53 Å². The minimum atomic E-state index is -0.0780. The van der Waals surface area contributed by atoms with Gasteiger partial charge in [0, 0.05) is 18.7 Å². The molecule has 0 aliphatic heterocycles. The van der Waals surface area contributed by atoms with E-state index in [2.05, 4.69) is 27.5 Å². The standard InChI is InChI=1S/C20H21N3O2/c1-2-14-25-17-10-8-16(9-11-17)20(24)21-12-5-13-23-15-22-18-6-3-4-7-19(18)23/h2-4,6-11,15H,1,5,12-14H2,(H,21,24). The quantitative estimate of drug-likeness (QED) is 0.507. The van der Waals surface area contributed by atoms with Crippen LogP contribution in [0.15, 0.2) is 67.5 Å². The van der Waals surface area contributed by atoms with E-state index in [1.165, 1.54) is 0 Å². The van der Waals surface area contributed by atoms with E-state index < -0.39 is 0 Å². The summed E-state index contributed by atoms with van der Waals surface area (Å²) < 4.78 is 7.51. The van der Waals surface area contributed by atoms with Gasteiger partial charge in [0.25, 0.3) is 5.91 Å². The molecule has 3 aromatic rings. The molecule has 3 rings (SSSR count). The molecule has 0 spiro atoms. The van der Waals surface area contributed by atoms with E-state index in [-0.39, 0.29) is 5.91 Å². The summed E-state index contributed by atoms with van der Waals surface area (Å²) in [5, 5.41) is 2.94. The SMILES string of the molecule is C=CCOc1ccc(C(=O)NCCCn2cnc3ccccc32)cc1. The highest BCUT2D eigenvalue weighted by atomic mass is 16.5. The summed E-state index contributed by atoms with van der Waals surface area (Å²) in [6.45, 7) is 5.48. The number of hydrogen-bond donors (Lipinski definition) is 1. The first-order valence-corrected chi connectivity index (χ1v) is 8.30. The monoisotopic (exact) mass is 335 g/mol. The molecule has 1 amide bonds. The van der Waals surface area contributed by atoms with Crippen LogP contribution in [0.4, 0.5) is 0 Å². The molecule has 0 fully saturated rings. The van der Waals surface area contributed by atoms with Crippen LogP contribution in [0.3, 0.4) is 0 Å². The minimum Gasteiger partial charge on any atom is -0.490 e. The third-order valence-electron chi connectivity index (χ3n) is 3.87. The Morgan fingerprint density at radius 2 is 2.00 bits per heavy atom. The molecule has 5 nitrogen and oxygen atoms in total. The van der Waals surface area contributed by atoms with E-state index in [0.29, 0.717) is 18.7 Å². The molecule has 0 aliphatic rings. The first-order chi connectivity index (χ1) is 12.3. The van der Waals surface area contributed by atoms with Crippen molar-refractivity contribution in [3.8, 4) is 5.75 Å². The highest BCUT2D eigenvalue weighted by Crippen LogP contribution is 2.13. The number of nitrogens with one attached hydrogen (secondary N) is 1. The smallest absolute Gasteiger partial charge is 0.251 e. The van der Waals surface area contributed by atoms with Gasteiger partial charge < -0.3 is 14.6 Å². The lowest BCUT2D eigenvalue weighted by Gasteiger charge is -2.08. The molecule has 1 heterocycles. The van der Waals surface area contributed by atoms with Crippen LogP contribution < -0.4 is 10.1 Å². The van der Waals surface area contributed by atoms with E-state index in [4.69, 9.17) is 4.74 Å². The number of benzene rings is 2.